The molecular formula is C24H32ClN5O. The molecule has 31 heavy (non-hydrogen) atoms. The molecule has 0 radical (unpaired) electrons. The topological polar surface area (TPSA) is 64.5 Å². The predicted octanol–water partition coefficient (Wildman–Crippen LogP) is 3.22. The number of rotatable bonds is 6. The molecule has 2 fully saturated rings. The second-order valence-electron chi connectivity index (χ2n) is 9.14. The minimum Gasteiger partial charge on any atom is -0.385 e. The van der Waals surface area contributed by atoms with Gasteiger partial charge in [0.15, 0.2) is 5.82 Å². The van der Waals surface area contributed by atoms with Crippen LogP contribution in [0.15, 0.2) is 24.3 Å². The van der Waals surface area contributed by atoms with Crippen molar-refractivity contribution >= 4 is 17.4 Å². The van der Waals surface area contributed by atoms with Crippen molar-refractivity contribution in [1.82, 2.24) is 20.2 Å². The van der Waals surface area contributed by atoms with Gasteiger partial charge in [0, 0.05) is 24.2 Å². The summed E-state index contributed by atoms with van der Waals surface area (Å²) in [7, 11) is 0. The fourth-order valence-electron chi connectivity index (χ4n) is 5.17. The zero-order chi connectivity index (χ0) is 21.3. The third kappa shape index (κ3) is 4.44. The van der Waals surface area contributed by atoms with E-state index in [0.717, 1.165) is 80.9 Å². The molecule has 1 aromatic carbocycles. The van der Waals surface area contributed by atoms with E-state index < -0.39 is 5.60 Å². The summed E-state index contributed by atoms with van der Waals surface area (Å²) in [6, 6.07) is 8.05. The molecule has 0 spiro atoms. The Hall–Kier alpha value is -1.73. The van der Waals surface area contributed by atoms with E-state index in [1.165, 1.54) is 25.9 Å². The van der Waals surface area contributed by atoms with E-state index in [1.54, 1.807) is 0 Å². The van der Waals surface area contributed by atoms with Gasteiger partial charge in [0.2, 0.25) is 0 Å². The number of hydrogen-bond acceptors (Lipinski definition) is 6. The molecule has 0 bridgehead atoms. The van der Waals surface area contributed by atoms with Gasteiger partial charge in [-0.25, -0.2) is 9.97 Å². The fourth-order valence-corrected chi connectivity index (χ4v) is 5.43. The fraction of sp³-hybridized carbons (Fsp3) is 0.583. The first-order valence-corrected chi connectivity index (χ1v) is 12.1. The van der Waals surface area contributed by atoms with Gasteiger partial charge in [-0.1, -0.05) is 35.9 Å². The van der Waals surface area contributed by atoms with Crippen LogP contribution in [0.2, 0.25) is 5.15 Å². The van der Waals surface area contributed by atoms with Crippen molar-refractivity contribution in [1.29, 1.82) is 0 Å². The van der Waals surface area contributed by atoms with Crippen LogP contribution in [0.25, 0.3) is 11.4 Å². The first-order valence-electron chi connectivity index (χ1n) is 11.7. The molecule has 2 saturated heterocycles. The van der Waals surface area contributed by atoms with Crippen LogP contribution < -0.4 is 10.2 Å². The van der Waals surface area contributed by atoms with Crippen molar-refractivity contribution in [3.63, 3.8) is 0 Å². The number of anilines is 1. The first kappa shape index (κ1) is 21.1. The number of aliphatic hydroxyl groups is 1. The number of benzene rings is 1. The average molecular weight is 442 g/mol. The molecule has 2 N–H and O–H groups in total. The molecule has 0 atom stereocenters. The largest absolute Gasteiger partial charge is 0.385 e. The predicted molar refractivity (Wildman–Crippen MR) is 125 cm³/mol. The van der Waals surface area contributed by atoms with Gasteiger partial charge in [0.25, 0.3) is 0 Å². The summed E-state index contributed by atoms with van der Waals surface area (Å²) in [6.07, 6.45) is 6.22. The van der Waals surface area contributed by atoms with Gasteiger partial charge in [-0.2, -0.15) is 0 Å². The highest BCUT2D eigenvalue weighted by atomic mass is 35.5. The summed E-state index contributed by atoms with van der Waals surface area (Å²) in [5, 5.41) is 14.8. The number of likely N-dealkylation sites (tertiary alicyclic amines) is 1. The molecule has 2 aromatic rings. The molecule has 5 rings (SSSR count). The van der Waals surface area contributed by atoms with Gasteiger partial charge < -0.3 is 20.2 Å². The molecule has 0 aliphatic carbocycles. The van der Waals surface area contributed by atoms with Crippen LogP contribution in [0.1, 0.15) is 43.2 Å². The van der Waals surface area contributed by atoms with E-state index in [9.17, 15) is 5.11 Å². The molecule has 166 valence electrons. The number of nitrogens with zero attached hydrogens (tertiary/aromatic N) is 4. The molecule has 3 aliphatic rings. The summed E-state index contributed by atoms with van der Waals surface area (Å²) >= 11 is 6.57. The third-order valence-electron chi connectivity index (χ3n) is 7.08. The lowest BCUT2D eigenvalue weighted by atomic mass is 9.85. The molecule has 3 aliphatic heterocycles. The lowest BCUT2D eigenvalue weighted by Crippen LogP contribution is -2.39. The Morgan fingerprint density at radius 2 is 1.74 bits per heavy atom. The van der Waals surface area contributed by atoms with Gasteiger partial charge in [-0.15, -0.1) is 0 Å². The van der Waals surface area contributed by atoms with Gasteiger partial charge >= 0.3 is 0 Å². The minimum atomic E-state index is -0.744. The Labute approximate surface area is 189 Å². The highest BCUT2D eigenvalue weighted by molar-refractivity contribution is 6.30. The van der Waals surface area contributed by atoms with Gasteiger partial charge in [-0.3, -0.25) is 0 Å². The summed E-state index contributed by atoms with van der Waals surface area (Å²) in [6.45, 7) is 7.32. The van der Waals surface area contributed by atoms with Gasteiger partial charge in [0.05, 0.1) is 5.60 Å². The van der Waals surface area contributed by atoms with E-state index in [2.05, 4.69) is 20.1 Å². The van der Waals surface area contributed by atoms with Crippen LogP contribution in [0.3, 0.4) is 0 Å². The molecule has 4 heterocycles. The van der Waals surface area contributed by atoms with Crippen LogP contribution in [0, 0.1) is 0 Å². The van der Waals surface area contributed by atoms with Crippen molar-refractivity contribution in [2.24, 2.45) is 0 Å². The van der Waals surface area contributed by atoms with Crippen molar-refractivity contribution in [2.45, 2.75) is 44.1 Å². The standard InChI is InChI=1S/C24H32ClN5O/c25-21-20-8-17-30(16-3-15-29-13-1-2-14-29)23(20)28-22(27-21)18-4-6-19(7-5-18)24(31)9-11-26-12-10-24/h4-7,26,31H,1-3,8-17H2. The van der Waals surface area contributed by atoms with Crippen molar-refractivity contribution < 1.29 is 5.11 Å². The molecule has 6 nitrogen and oxygen atoms in total. The Kier molecular flexibility index (Phi) is 6.15. The average Bonchev–Trinajstić information content (AvgIpc) is 3.45. The summed E-state index contributed by atoms with van der Waals surface area (Å²) in [4.78, 5) is 14.5. The maximum absolute atomic E-state index is 11.0. The number of hydrogen-bond donors (Lipinski definition) is 2. The monoisotopic (exact) mass is 441 g/mol. The normalized spacial score (nSPS) is 20.9. The number of nitrogens with one attached hydrogen (secondary N) is 1. The van der Waals surface area contributed by atoms with Crippen LogP contribution >= 0.6 is 11.6 Å². The molecule has 1 aromatic heterocycles. The molecular weight excluding hydrogens is 410 g/mol. The Bertz CT molecular complexity index is 907. The Balaban J connectivity index is 1.32. The highest BCUT2D eigenvalue weighted by Gasteiger charge is 2.31. The van der Waals surface area contributed by atoms with Crippen LogP contribution in [0.4, 0.5) is 5.82 Å². The van der Waals surface area contributed by atoms with E-state index in [0.29, 0.717) is 11.0 Å². The number of fused-ring (bicyclic) bond motifs is 1. The smallest absolute Gasteiger partial charge is 0.163 e. The first-order chi connectivity index (χ1) is 15.1. The lowest BCUT2D eigenvalue weighted by Gasteiger charge is -2.33. The minimum absolute atomic E-state index is 0.572. The second-order valence-corrected chi connectivity index (χ2v) is 9.50. The van der Waals surface area contributed by atoms with E-state index in [4.69, 9.17) is 16.6 Å². The molecule has 0 unspecified atom stereocenters. The van der Waals surface area contributed by atoms with Crippen LogP contribution in [0.5, 0.6) is 0 Å². The lowest BCUT2D eigenvalue weighted by molar-refractivity contribution is 0.00595. The SMILES string of the molecule is OC1(c2ccc(-c3nc(Cl)c4c(n3)N(CCCN3CCCC3)CC4)cc2)CCNCC1. The van der Waals surface area contributed by atoms with Crippen molar-refractivity contribution in [3.8, 4) is 11.4 Å². The summed E-state index contributed by atoms with van der Waals surface area (Å²) < 4.78 is 0. The molecule has 0 amide bonds. The highest BCUT2D eigenvalue weighted by Crippen LogP contribution is 2.35. The third-order valence-corrected chi connectivity index (χ3v) is 7.39. The quantitative estimate of drug-likeness (QED) is 0.671. The maximum Gasteiger partial charge on any atom is 0.163 e. The van der Waals surface area contributed by atoms with Gasteiger partial charge in [-0.05, 0) is 76.8 Å². The van der Waals surface area contributed by atoms with Crippen molar-refractivity contribution in [2.75, 3.05) is 50.7 Å². The zero-order valence-corrected chi connectivity index (χ0v) is 18.9. The molecule has 0 saturated carbocycles. The second kappa shape index (κ2) is 9.02. The summed E-state index contributed by atoms with van der Waals surface area (Å²) in [5.74, 6) is 1.66. The van der Waals surface area contributed by atoms with Gasteiger partial charge in [0.1, 0.15) is 11.0 Å². The van der Waals surface area contributed by atoms with E-state index >= 15 is 0 Å². The van der Waals surface area contributed by atoms with E-state index in [-0.39, 0.29) is 0 Å². The number of piperidine rings is 1. The van der Waals surface area contributed by atoms with E-state index in [1.807, 2.05) is 24.3 Å². The zero-order valence-electron chi connectivity index (χ0n) is 18.1. The molecule has 7 heteroatoms. The number of aromatic nitrogens is 2. The van der Waals surface area contributed by atoms with Crippen LogP contribution in [-0.2, 0) is 12.0 Å². The maximum atomic E-state index is 11.0. The Morgan fingerprint density at radius 3 is 2.48 bits per heavy atom. The van der Waals surface area contributed by atoms with Crippen LogP contribution in [-0.4, -0.2) is 65.8 Å². The number of halogens is 1. The summed E-state index contributed by atoms with van der Waals surface area (Å²) in [5.41, 5.74) is 2.24. The Morgan fingerprint density at radius 1 is 1.00 bits per heavy atom. The van der Waals surface area contributed by atoms with Crippen molar-refractivity contribution in [3.05, 3.63) is 40.5 Å².